The van der Waals surface area contributed by atoms with Crippen LogP contribution in [0.4, 0.5) is 5.82 Å². The van der Waals surface area contributed by atoms with Gasteiger partial charge in [-0.3, -0.25) is 9.89 Å². The number of aromatic nitrogens is 1. The largest absolute Gasteiger partial charge is 0.497 e. The molecule has 7 nitrogen and oxygen atoms in total. The minimum absolute atomic E-state index is 0.297. The van der Waals surface area contributed by atoms with Crippen LogP contribution in [0.15, 0.2) is 47.6 Å². The summed E-state index contributed by atoms with van der Waals surface area (Å²) in [5, 5.41) is 6.98. The van der Waals surface area contributed by atoms with E-state index in [0.717, 1.165) is 37.2 Å². The van der Waals surface area contributed by atoms with Gasteiger partial charge in [-0.2, -0.15) is 0 Å². The second-order valence-corrected chi connectivity index (χ2v) is 8.11. The molecule has 3 rings (SSSR count). The fourth-order valence-electron chi connectivity index (χ4n) is 3.93. The number of pyridine rings is 1. The number of hydrogen-bond donors (Lipinski definition) is 2. The van der Waals surface area contributed by atoms with Gasteiger partial charge in [-0.1, -0.05) is 18.6 Å². The molecule has 1 aliphatic heterocycles. The van der Waals surface area contributed by atoms with E-state index in [-0.39, 0.29) is 0 Å². The predicted molar refractivity (Wildman–Crippen MR) is 128 cm³/mol. The second-order valence-electron chi connectivity index (χ2n) is 8.11. The molecule has 1 saturated heterocycles. The van der Waals surface area contributed by atoms with E-state index in [2.05, 4.69) is 43.7 Å². The Hall–Kier alpha value is -2.80. The second kappa shape index (κ2) is 11.6. The molecule has 1 unspecified atom stereocenters. The lowest BCUT2D eigenvalue weighted by Crippen LogP contribution is -2.44. The van der Waals surface area contributed by atoms with E-state index >= 15 is 0 Å². The van der Waals surface area contributed by atoms with Gasteiger partial charge in [-0.15, -0.1) is 0 Å². The number of hydrogen-bond acceptors (Lipinski definition) is 5. The Morgan fingerprint density at radius 2 is 1.87 bits per heavy atom. The van der Waals surface area contributed by atoms with Gasteiger partial charge >= 0.3 is 0 Å². The van der Waals surface area contributed by atoms with E-state index in [0.29, 0.717) is 12.6 Å². The number of nitrogens with zero attached hydrogens (tertiary/aromatic N) is 4. The molecule has 2 N–H and O–H groups in total. The summed E-state index contributed by atoms with van der Waals surface area (Å²) in [6.45, 7) is 3.76. The van der Waals surface area contributed by atoms with Crippen molar-refractivity contribution in [2.45, 2.75) is 31.8 Å². The highest BCUT2D eigenvalue weighted by atomic mass is 16.5. The number of anilines is 1. The Kier molecular flexibility index (Phi) is 8.53. The first-order valence-electron chi connectivity index (χ1n) is 11.1. The molecule has 1 aliphatic rings. The van der Waals surface area contributed by atoms with Crippen LogP contribution in [0, 0.1) is 0 Å². The van der Waals surface area contributed by atoms with Crippen molar-refractivity contribution < 1.29 is 4.74 Å². The molecule has 1 aromatic heterocycles. The molecule has 0 saturated carbocycles. The van der Waals surface area contributed by atoms with Gasteiger partial charge < -0.3 is 20.3 Å². The maximum absolute atomic E-state index is 5.34. The van der Waals surface area contributed by atoms with Gasteiger partial charge in [0.15, 0.2) is 5.96 Å². The van der Waals surface area contributed by atoms with Gasteiger partial charge in [0, 0.05) is 40.4 Å². The SMILES string of the molecule is CN=C(NCc1ccnc(N(C)C)c1)NCC(c1ccc(OC)cc1)N1CCCCC1. The zero-order valence-electron chi connectivity index (χ0n) is 19.3. The third-order valence-corrected chi connectivity index (χ3v) is 5.75. The van der Waals surface area contributed by atoms with Crippen LogP contribution >= 0.6 is 0 Å². The van der Waals surface area contributed by atoms with E-state index in [1.165, 1.54) is 30.4 Å². The third kappa shape index (κ3) is 6.59. The Morgan fingerprint density at radius 1 is 1.13 bits per heavy atom. The van der Waals surface area contributed by atoms with Crippen LogP contribution in [-0.2, 0) is 6.54 Å². The maximum atomic E-state index is 5.34. The van der Waals surface area contributed by atoms with Crippen molar-refractivity contribution in [3.8, 4) is 5.75 Å². The highest BCUT2D eigenvalue weighted by Crippen LogP contribution is 2.25. The molecule has 2 aromatic rings. The number of ether oxygens (including phenoxy) is 1. The van der Waals surface area contributed by atoms with Gasteiger partial charge in [-0.05, 0) is 61.3 Å². The fourth-order valence-corrected chi connectivity index (χ4v) is 3.93. The Balaban J connectivity index is 1.63. The lowest BCUT2D eigenvalue weighted by Gasteiger charge is -2.35. The first-order chi connectivity index (χ1) is 15.1. The number of piperidine rings is 1. The number of likely N-dealkylation sites (tertiary alicyclic amines) is 1. The van der Waals surface area contributed by atoms with Crippen molar-refractivity contribution in [1.82, 2.24) is 20.5 Å². The van der Waals surface area contributed by atoms with Gasteiger partial charge in [0.25, 0.3) is 0 Å². The standard InChI is InChI=1S/C24H36N6O/c1-25-24(27-17-19-12-13-26-23(16-19)29(2)3)28-18-22(30-14-6-5-7-15-30)20-8-10-21(31-4)11-9-20/h8-13,16,22H,5-7,14-15,17-18H2,1-4H3,(H2,25,27,28). The van der Waals surface area contributed by atoms with E-state index in [1.54, 1.807) is 7.11 Å². The van der Waals surface area contributed by atoms with Crippen LogP contribution in [0.2, 0.25) is 0 Å². The van der Waals surface area contributed by atoms with Gasteiger partial charge in [0.1, 0.15) is 11.6 Å². The van der Waals surface area contributed by atoms with E-state index in [4.69, 9.17) is 4.74 Å². The van der Waals surface area contributed by atoms with Gasteiger partial charge in [-0.25, -0.2) is 4.98 Å². The normalized spacial score (nSPS) is 15.9. The summed E-state index contributed by atoms with van der Waals surface area (Å²) in [5.41, 5.74) is 2.47. The van der Waals surface area contributed by atoms with E-state index in [1.807, 2.05) is 50.4 Å². The highest BCUT2D eigenvalue weighted by Gasteiger charge is 2.22. The molecular weight excluding hydrogens is 388 g/mol. The summed E-state index contributed by atoms with van der Waals surface area (Å²) >= 11 is 0. The molecule has 168 valence electrons. The number of benzene rings is 1. The summed E-state index contributed by atoms with van der Waals surface area (Å²) < 4.78 is 5.34. The number of methoxy groups -OCH3 is 1. The van der Waals surface area contributed by atoms with E-state index < -0.39 is 0 Å². The average molecular weight is 425 g/mol. The van der Waals surface area contributed by atoms with Crippen LogP contribution in [0.5, 0.6) is 5.75 Å². The molecule has 1 aromatic carbocycles. The zero-order valence-corrected chi connectivity index (χ0v) is 19.3. The molecular formula is C24H36N6O. The first-order valence-corrected chi connectivity index (χ1v) is 11.1. The monoisotopic (exact) mass is 424 g/mol. The van der Waals surface area contributed by atoms with Gasteiger partial charge in [0.05, 0.1) is 13.2 Å². The molecule has 2 heterocycles. The van der Waals surface area contributed by atoms with Crippen molar-refractivity contribution >= 4 is 11.8 Å². The number of guanidine groups is 1. The minimum atomic E-state index is 0.297. The predicted octanol–water partition coefficient (Wildman–Crippen LogP) is 3.05. The lowest BCUT2D eigenvalue weighted by molar-refractivity contribution is 0.164. The Morgan fingerprint density at radius 3 is 2.52 bits per heavy atom. The highest BCUT2D eigenvalue weighted by molar-refractivity contribution is 5.79. The van der Waals surface area contributed by atoms with Crippen LogP contribution in [0.25, 0.3) is 0 Å². The molecule has 1 atom stereocenters. The van der Waals surface area contributed by atoms with Crippen molar-refractivity contribution in [1.29, 1.82) is 0 Å². The third-order valence-electron chi connectivity index (χ3n) is 5.75. The average Bonchev–Trinajstić information content (AvgIpc) is 2.82. The lowest BCUT2D eigenvalue weighted by atomic mass is 10.0. The van der Waals surface area contributed by atoms with E-state index in [9.17, 15) is 0 Å². The van der Waals surface area contributed by atoms with Crippen molar-refractivity contribution in [3.05, 3.63) is 53.7 Å². The van der Waals surface area contributed by atoms with Crippen LogP contribution in [-0.4, -0.2) is 63.7 Å². The van der Waals surface area contributed by atoms with Gasteiger partial charge in [0.2, 0.25) is 0 Å². The molecule has 31 heavy (non-hydrogen) atoms. The molecule has 0 aliphatic carbocycles. The number of nitrogens with one attached hydrogen (secondary N) is 2. The molecule has 0 bridgehead atoms. The van der Waals surface area contributed by atoms with Crippen molar-refractivity contribution in [2.75, 3.05) is 52.8 Å². The first kappa shape index (κ1) is 22.9. The smallest absolute Gasteiger partial charge is 0.191 e. The fraction of sp³-hybridized carbons (Fsp3) is 0.500. The Labute approximate surface area is 186 Å². The molecule has 7 heteroatoms. The van der Waals surface area contributed by atoms with Crippen molar-refractivity contribution in [3.63, 3.8) is 0 Å². The number of rotatable bonds is 8. The summed E-state index contributed by atoms with van der Waals surface area (Å²) in [6.07, 6.45) is 5.69. The molecule has 0 spiro atoms. The summed E-state index contributed by atoms with van der Waals surface area (Å²) in [4.78, 5) is 13.4. The maximum Gasteiger partial charge on any atom is 0.191 e. The summed E-state index contributed by atoms with van der Waals surface area (Å²) in [5.74, 6) is 2.65. The quantitative estimate of drug-likeness (QED) is 0.502. The van der Waals surface area contributed by atoms with Crippen molar-refractivity contribution in [2.24, 2.45) is 4.99 Å². The molecule has 0 amide bonds. The minimum Gasteiger partial charge on any atom is -0.497 e. The number of aliphatic imine (C=N–C) groups is 1. The Bertz CT molecular complexity index is 830. The zero-order chi connectivity index (χ0) is 22.1. The molecule has 1 fully saturated rings. The summed E-state index contributed by atoms with van der Waals surface area (Å²) in [6, 6.07) is 12.9. The van der Waals surface area contributed by atoms with Crippen LogP contribution in [0.1, 0.15) is 36.4 Å². The van der Waals surface area contributed by atoms with Crippen LogP contribution in [0.3, 0.4) is 0 Å². The molecule has 0 radical (unpaired) electrons. The van der Waals surface area contributed by atoms with Crippen LogP contribution < -0.4 is 20.3 Å². The summed E-state index contributed by atoms with van der Waals surface area (Å²) in [7, 11) is 7.52. The topological polar surface area (TPSA) is 65.0 Å².